The maximum Gasteiger partial charge on any atom is 0.450 e. The lowest BCUT2D eigenvalue weighted by Crippen LogP contribution is -3.14. The summed E-state index contributed by atoms with van der Waals surface area (Å²) >= 11 is 6.11. The van der Waals surface area contributed by atoms with E-state index >= 15 is 0 Å². The largest absolute Gasteiger partial charge is 0.507 e. The Bertz CT molecular complexity index is 1210. The maximum absolute atomic E-state index is 14.0. The van der Waals surface area contributed by atoms with Gasteiger partial charge in [-0.05, 0) is 32.0 Å². The summed E-state index contributed by atoms with van der Waals surface area (Å²) in [6.07, 6.45) is -5.04. The van der Waals surface area contributed by atoms with E-state index in [4.69, 9.17) is 20.8 Å². The first-order valence-corrected chi connectivity index (χ1v) is 10.6. The number of rotatable bonds is 3. The van der Waals surface area contributed by atoms with Crippen molar-refractivity contribution in [2.45, 2.75) is 38.8 Å². The molecule has 1 aromatic heterocycles. The van der Waals surface area contributed by atoms with Gasteiger partial charge >= 0.3 is 6.18 Å². The predicted octanol–water partition coefficient (Wildman–Crippen LogP) is 4.03. The number of phenols is 1. The fourth-order valence-electron chi connectivity index (χ4n) is 4.37. The second kappa shape index (κ2) is 8.42. The Morgan fingerprint density at radius 3 is 2.41 bits per heavy atom. The molecule has 0 radical (unpaired) electrons. The topological polar surface area (TPSA) is 64.1 Å². The van der Waals surface area contributed by atoms with E-state index in [9.17, 15) is 23.1 Å². The number of quaternary nitrogens is 1. The van der Waals surface area contributed by atoms with Gasteiger partial charge in [0.2, 0.25) is 11.2 Å². The Hall–Kier alpha value is -2.55. The van der Waals surface area contributed by atoms with E-state index in [1.54, 1.807) is 6.07 Å². The van der Waals surface area contributed by atoms with Crippen LogP contribution in [0.5, 0.6) is 5.75 Å². The standard InChI is InChI=1S/C23H21ClF3NO4/c1-12-9-28(10-13(2)31-12)11-16-18(29)8-7-15-20(30)19(14-5-3-4-6-17(14)24)22(23(25,26)27)32-21(15)16/h3-8,12-13,29H,9-11H2,1-2H3/p+1/t12-,13-/m0/s1. The van der Waals surface area contributed by atoms with E-state index in [0.717, 1.165) is 4.90 Å². The molecule has 0 amide bonds. The second-order valence-electron chi connectivity index (χ2n) is 8.15. The van der Waals surface area contributed by atoms with Crippen molar-refractivity contribution < 1.29 is 32.3 Å². The van der Waals surface area contributed by atoms with Crippen LogP contribution in [0.3, 0.4) is 0 Å². The maximum atomic E-state index is 14.0. The molecule has 2 heterocycles. The average Bonchev–Trinajstić information content (AvgIpc) is 2.69. The van der Waals surface area contributed by atoms with E-state index in [1.807, 2.05) is 13.8 Å². The van der Waals surface area contributed by atoms with Crippen LogP contribution in [0.4, 0.5) is 13.2 Å². The van der Waals surface area contributed by atoms with Crippen LogP contribution < -0.4 is 10.3 Å². The molecule has 5 nitrogen and oxygen atoms in total. The zero-order chi connectivity index (χ0) is 23.2. The number of hydrogen-bond donors (Lipinski definition) is 2. The number of phenolic OH excluding ortho intramolecular Hbond substituents is 1. The number of ether oxygens (including phenoxy) is 1. The van der Waals surface area contributed by atoms with Crippen molar-refractivity contribution in [1.82, 2.24) is 0 Å². The van der Waals surface area contributed by atoms with Gasteiger partial charge < -0.3 is 19.2 Å². The molecule has 1 fully saturated rings. The van der Waals surface area contributed by atoms with E-state index in [1.165, 1.54) is 30.3 Å². The average molecular weight is 469 g/mol. The molecular formula is C23H22ClF3NO4+. The van der Waals surface area contributed by atoms with Gasteiger partial charge in [-0.15, -0.1) is 0 Å². The first-order valence-electron chi connectivity index (χ1n) is 10.2. The Morgan fingerprint density at radius 1 is 1.12 bits per heavy atom. The molecule has 1 saturated heterocycles. The fourth-order valence-corrected chi connectivity index (χ4v) is 4.60. The molecule has 0 spiro atoms. The van der Waals surface area contributed by atoms with Crippen LogP contribution in [0.15, 0.2) is 45.6 Å². The second-order valence-corrected chi connectivity index (χ2v) is 8.55. The summed E-state index contributed by atoms with van der Waals surface area (Å²) in [7, 11) is 0. The summed E-state index contributed by atoms with van der Waals surface area (Å²) in [4.78, 5) is 14.3. The zero-order valence-corrected chi connectivity index (χ0v) is 18.2. The van der Waals surface area contributed by atoms with E-state index in [2.05, 4.69) is 0 Å². The zero-order valence-electron chi connectivity index (χ0n) is 17.4. The van der Waals surface area contributed by atoms with Gasteiger partial charge in [0.1, 0.15) is 37.6 Å². The highest BCUT2D eigenvalue weighted by Crippen LogP contribution is 2.40. The third-order valence-corrected chi connectivity index (χ3v) is 5.91. The molecule has 170 valence electrons. The lowest BCUT2D eigenvalue weighted by molar-refractivity contribution is -0.928. The van der Waals surface area contributed by atoms with Crippen molar-refractivity contribution in [3.63, 3.8) is 0 Å². The summed E-state index contributed by atoms with van der Waals surface area (Å²) in [5.74, 6) is -1.66. The summed E-state index contributed by atoms with van der Waals surface area (Å²) in [6.45, 7) is 5.22. The lowest BCUT2D eigenvalue weighted by atomic mass is 10.00. The molecule has 2 aromatic carbocycles. The third kappa shape index (κ3) is 4.22. The third-order valence-electron chi connectivity index (χ3n) is 5.58. The van der Waals surface area contributed by atoms with Gasteiger partial charge in [-0.2, -0.15) is 13.2 Å². The molecule has 32 heavy (non-hydrogen) atoms. The van der Waals surface area contributed by atoms with Crippen LogP contribution in [0.25, 0.3) is 22.1 Å². The first-order chi connectivity index (χ1) is 15.1. The number of alkyl halides is 3. The summed E-state index contributed by atoms with van der Waals surface area (Å²) in [5.41, 5.74) is -1.67. The molecule has 9 heteroatoms. The summed E-state index contributed by atoms with van der Waals surface area (Å²) in [5, 5.41) is 10.4. The van der Waals surface area contributed by atoms with Gasteiger partial charge in [0.25, 0.3) is 0 Å². The highest BCUT2D eigenvalue weighted by Gasteiger charge is 2.40. The number of nitrogens with one attached hydrogen (secondary N) is 1. The van der Waals surface area contributed by atoms with E-state index in [0.29, 0.717) is 13.1 Å². The Kier molecular flexibility index (Phi) is 5.96. The lowest BCUT2D eigenvalue weighted by Gasteiger charge is -2.32. The Labute approximate surface area is 187 Å². The predicted molar refractivity (Wildman–Crippen MR) is 114 cm³/mol. The highest BCUT2D eigenvalue weighted by molar-refractivity contribution is 6.33. The number of benzene rings is 2. The molecule has 2 atom stereocenters. The van der Waals surface area contributed by atoms with Crippen LogP contribution in [-0.4, -0.2) is 30.4 Å². The van der Waals surface area contributed by atoms with Crippen molar-refractivity contribution in [1.29, 1.82) is 0 Å². The molecule has 0 saturated carbocycles. The van der Waals surface area contributed by atoms with Crippen LogP contribution in [0, 0.1) is 0 Å². The van der Waals surface area contributed by atoms with Crippen molar-refractivity contribution >= 4 is 22.6 Å². The van der Waals surface area contributed by atoms with Crippen molar-refractivity contribution in [2.24, 2.45) is 0 Å². The van der Waals surface area contributed by atoms with Gasteiger partial charge in [0.15, 0.2) is 5.58 Å². The minimum Gasteiger partial charge on any atom is -0.507 e. The van der Waals surface area contributed by atoms with Gasteiger partial charge in [0.05, 0.1) is 16.5 Å². The summed E-state index contributed by atoms with van der Waals surface area (Å²) in [6, 6.07) is 8.40. The minimum atomic E-state index is -4.95. The smallest absolute Gasteiger partial charge is 0.450 e. The van der Waals surface area contributed by atoms with Crippen molar-refractivity contribution in [2.75, 3.05) is 13.1 Å². The van der Waals surface area contributed by atoms with Gasteiger partial charge in [0, 0.05) is 10.6 Å². The van der Waals surface area contributed by atoms with Gasteiger partial charge in [-0.1, -0.05) is 29.8 Å². The Morgan fingerprint density at radius 2 is 1.78 bits per heavy atom. The van der Waals surface area contributed by atoms with Crippen LogP contribution in [-0.2, 0) is 17.5 Å². The molecule has 1 aliphatic rings. The SMILES string of the molecule is C[C@H]1C[NH+](Cc2c(O)ccc3c(=O)c(-c4ccccc4Cl)c(C(F)(F)F)oc23)C[C@H](C)O1. The highest BCUT2D eigenvalue weighted by atomic mass is 35.5. The minimum absolute atomic E-state index is 0.00406. The first kappa shape index (κ1) is 22.6. The van der Waals surface area contributed by atoms with Gasteiger partial charge in [-0.25, -0.2) is 0 Å². The van der Waals surface area contributed by atoms with Crippen LogP contribution in [0.2, 0.25) is 5.02 Å². The molecular weight excluding hydrogens is 447 g/mol. The molecule has 3 aromatic rings. The molecule has 2 N–H and O–H groups in total. The molecule has 4 rings (SSSR count). The number of hydrogen-bond acceptors (Lipinski definition) is 4. The van der Waals surface area contributed by atoms with Gasteiger partial charge in [-0.3, -0.25) is 4.79 Å². The van der Waals surface area contributed by atoms with E-state index < -0.39 is 22.9 Å². The number of aromatic hydroxyl groups is 1. The van der Waals surface area contributed by atoms with Crippen LogP contribution >= 0.6 is 11.6 Å². The molecule has 0 aliphatic carbocycles. The van der Waals surface area contributed by atoms with Crippen LogP contribution in [0.1, 0.15) is 25.2 Å². The van der Waals surface area contributed by atoms with Crippen molar-refractivity contribution in [3.05, 3.63) is 63.0 Å². The Balaban J connectivity index is 1.95. The quantitative estimate of drug-likeness (QED) is 0.609. The molecule has 0 unspecified atom stereocenters. The fraction of sp³-hybridized carbons (Fsp3) is 0.348. The normalized spacial score (nSPS) is 21.8. The number of fused-ring (bicyclic) bond motifs is 1. The molecule has 1 aliphatic heterocycles. The monoisotopic (exact) mass is 468 g/mol. The van der Waals surface area contributed by atoms with Crippen molar-refractivity contribution in [3.8, 4) is 16.9 Å². The van der Waals surface area contributed by atoms with E-state index in [-0.39, 0.29) is 51.6 Å². The number of morpholine rings is 1. The summed E-state index contributed by atoms with van der Waals surface area (Å²) < 4.78 is 53.1. The number of halogens is 4. The molecule has 0 bridgehead atoms.